The first-order chi connectivity index (χ1) is 8.67. The van der Waals surface area contributed by atoms with Gasteiger partial charge in [-0.05, 0) is 24.5 Å². The topological polar surface area (TPSA) is 29.5 Å². The first-order valence-corrected chi connectivity index (χ1v) is 7.55. The Morgan fingerprint density at radius 1 is 1.50 bits per heavy atom. The average Bonchev–Trinajstić information content (AvgIpc) is 2.65. The summed E-state index contributed by atoms with van der Waals surface area (Å²) in [5.41, 5.74) is 0.795. The molecule has 0 bridgehead atoms. The summed E-state index contributed by atoms with van der Waals surface area (Å²) < 4.78 is 5.41. The molecule has 1 aliphatic rings. The normalized spacial score (nSPS) is 17.7. The van der Waals surface area contributed by atoms with Crippen LogP contribution in [0.4, 0.5) is 5.69 Å². The van der Waals surface area contributed by atoms with Gasteiger partial charge in [-0.25, -0.2) is 0 Å². The molecule has 0 saturated carbocycles. The maximum Gasteiger partial charge on any atom is 0.273 e. The number of rotatable bonds is 3. The summed E-state index contributed by atoms with van der Waals surface area (Å²) in [5, 5.41) is 0. The first-order valence-electron chi connectivity index (χ1n) is 5.10. The van der Waals surface area contributed by atoms with Crippen LogP contribution in [0.25, 0.3) is 0 Å². The lowest BCUT2D eigenvalue weighted by molar-refractivity contribution is -0.113. The van der Waals surface area contributed by atoms with Crippen molar-refractivity contribution in [3.05, 3.63) is 35.4 Å². The number of thioether (sulfide) groups is 2. The lowest BCUT2D eigenvalue weighted by Gasteiger charge is -2.15. The van der Waals surface area contributed by atoms with Gasteiger partial charge in [-0.1, -0.05) is 30.0 Å². The highest BCUT2D eigenvalue weighted by Crippen LogP contribution is 2.35. The third kappa shape index (κ3) is 2.55. The van der Waals surface area contributed by atoms with Gasteiger partial charge in [-0.2, -0.15) is 0 Å². The Bertz CT molecular complexity index is 528. The zero-order valence-corrected chi connectivity index (χ0v) is 12.3. The number of anilines is 1. The third-order valence-electron chi connectivity index (χ3n) is 2.33. The van der Waals surface area contributed by atoms with Crippen molar-refractivity contribution in [3.8, 4) is 0 Å². The highest BCUT2D eigenvalue weighted by Gasteiger charge is 2.33. The molecular weight excluding hydrogens is 286 g/mol. The van der Waals surface area contributed by atoms with E-state index >= 15 is 0 Å². The molecular formula is C12H11NO2S3. The third-order valence-corrected chi connectivity index (χ3v) is 4.34. The lowest BCUT2D eigenvalue weighted by atomic mass is 10.3. The molecule has 18 heavy (non-hydrogen) atoms. The Balaban J connectivity index is 2.35. The Morgan fingerprint density at radius 3 is 2.94 bits per heavy atom. The monoisotopic (exact) mass is 297 g/mol. The quantitative estimate of drug-likeness (QED) is 0.370. The molecule has 0 N–H and O–H groups in total. The lowest BCUT2D eigenvalue weighted by Crippen LogP contribution is -2.27. The second-order valence-corrected chi connectivity index (χ2v) is 5.98. The van der Waals surface area contributed by atoms with E-state index in [1.165, 1.54) is 30.0 Å². The number of nitrogens with zero attached hydrogens (tertiary/aromatic N) is 1. The van der Waals surface area contributed by atoms with Gasteiger partial charge in [-0.15, -0.1) is 11.8 Å². The van der Waals surface area contributed by atoms with Gasteiger partial charge in [0, 0.05) is 4.90 Å². The molecule has 1 aliphatic heterocycles. The number of thiocarbonyl (C=S) groups is 1. The number of carbonyl (C=O) groups is 1. The molecule has 6 heteroatoms. The molecule has 3 nitrogen and oxygen atoms in total. The highest BCUT2D eigenvalue weighted by molar-refractivity contribution is 8.27. The summed E-state index contributed by atoms with van der Waals surface area (Å²) in [7, 11) is 1.51. The van der Waals surface area contributed by atoms with E-state index in [1.54, 1.807) is 11.8 Å². The molecule has 1 saturated heterocycles. The fourth-order valence-electron chi connectivity index (χ4n) is 1.53. The summed E-state index contributed by atoms with van der Waals surface area (Å²) in [6.07, 6.45) is 3.42. The van der Waals surface area contributed by atoms with Crippen molar-refractivity contribution < 1.29 is 9.53 Å². The largest absolute Gasteiger partial charge is 0.503 e. The van der Waals surface area contributed by atoms with Gasteiger partial charge in [-0.3, -0.25) is 9.69 Å². The van der Waals surface area contributed by atoms with Gasteiger partial charge >= 0.3 is 0 Å². The molecule has 0 atom stereocenters. The maximum absolute atomic E-state index is 12.2. The van der Waals surface area contributed by atoms with E-state index in [4.69, 9.17) is 17.0 Å². The van der Waals surface area contributed by atoms with E-state index in [-0.39, 0.29) is 5.91 Å². The smallest absolute Gasteiger partial charge is 0.273 e. The van der Waals surface area contributed by atoms with Gasteiger partial charge in [0.25, 0.3) is 5.91 Å². The molecule has 0 unspecified atom stereocenters. The minimum atomic E-state index is -0.134. The van der Waals surface area contributed by atoms with Crippen LogP contribution in [0.15, 0.2) is 40.3 Å². The maximum atomic E-state index is 12.2. The molecule has 1 aromatic rings. The van der Waals surface area contributed by atoms with Crippen molar-refractivity contribution in [2.24, 2.45) is 0 Å². The molecule has 94 valence electrons. The summed E-state index contributed by atoms with van der Waals surface area (Å²) in [5.74, 6) is -0.134. The minimum Gasteiger partial charge on any atom is -0.503 e. The van der Waals surface area contributed by atoms with Crippen LogP contribution >= 0.6 is 35.7 Å². The van der Waals surface area contributed by atoms with Gasteiger partial charge in [0.1, 0.15) is 11.2 Å². The van der Waals surface area contributed by atoms with E-state index in [9.17, 15) is 4.79 Å². The summed E-state index contributed by atoms with van der Waals surface area (Å²) >= 11 is 8.11. The summed E-state index contributed by atoms with van der Waals surface area (Å²) in [6, 6.07) is 7.74. The SMILES string of the molecule is CO/C=C1/SC(=S)N(c2cccc(SC)c2)C1=O. The second-order valence-electron chi connectivity index (χ2n) is 3.43. The Morgan fingerprint density at radius 2 is 2.28 bits per heavy atom. The van der Waals surface area contributed by atoms with E-state index in [2.05, 4.69) is 0 Å². The summed E-state index contributed by atoms with van der Waals surface area (Å²) in [4.78, 5) is 15.3. The number of methoxy groups -OCH3 is 1. The van der Waals surface area contributed by atoms with E-state index < -0.39 is 0 Å². The number of hydrogen-bond donors (Lipinski definition) is 0. The number of benzene rings is 1. The average molecular weight is 297 g/mol. The number of amides is 1. The molecule has 1 fully saturated rings. The summed E-state index contributed by atoms with van der Waals surface area (Å²) in [6.45, 7) is 0. The number of carbonyl (C=O) groups excluding carboxylic acids is 1. The van der Waals surface area contributed by atoms with Crippen LogP contribution in [0.1, 0.15) is 0 Å². The fraction of sp³-hybridized carbons (Fsp3) is 0.167. The Hall–Kier alpha value is -0.980. The molecule has 0 aliphatic carbocycles. The molecule has 0 aromatic heterocycles. The highest BCUT2D eigenvalue weighted by atomic mass is 32.2. The van der Waals surface area contributed by atoms with Crippen molar-refractivity contribution in [2.75, 3.05) is 18.3 Å². The van der Waals surface area contributed by atoms with E-state index in [0.29, 0.717) is 9.23 Å². The zero-order chi connectivity index (χ0) is 13.1. The van der Waals surface area contributed by atoms with Gasteiger partial charge in [0.15, 0.2) is 4.32 Å². The van der Waals surface area contributed by atoms with Gasteiger partial charge in [0.2, 0.25) is 0 Å². The Labute approximate surface area is 120 Å². The molecule has 1 aromatic carbocycles. The second kappa shape index (κ2) is 5.77. The minimum absolute atomic E-state index is 0.134. The van der Waals surface area contributed by atoms with Crippen molar-refractivity contribution in [1.29, 1.82) is 0 Å². The van der Waals surface area contributed by atoms with Crippen LogP contribution in [0.2, 0.25) is 0 Å². The van der Waals surface area contributed by atoms with E-state index in [0.717, 1.165) is 10.6 Å². The van der Waals surface area contributed by atoms with Crippen LogP contribution < -0.4 is 4.90 Å². The van der Waals surface area contributed by atoms with Crippen LogP contribution in [0, 0.1) is 0 Å². The number of ether oxygens (including phenoxy) is 1. The van der Waals surface area contributed by atoms with Crippen LogP contribution in [-0.4, -0.2) is 23.6 Å². The van der Waals surface area contributed by atoms with Crippen molar-refractivity contribution in [1.82, 2.24) is 0 Å². The molecule has 1 heterocycles. The molecule has 1 amide bonds. The van der Waals surface area contributed by atoms with Gasteiger partial charge in [0.05, 0.1) is 12.8 Å². The molecule has 0 spiro atoms. The standard InChI is InChI=1S/C12H11NO2S3/c1-15-7-10-11(14)13(12(16)18-10)8-4-3-5-9(6-8)17-2/h3-7H,1-2H3/b10-7+. The first kappa shape index (κ1) is 13.5. The van der Waals surface area contributed by atoms with Crippen molar-refractivity contribution >= 4 is 51.7 Å². The molecule has 0 radical (unpaired) electrons. The van der Waals surface area contributed by atoms with E-state index in [1.807, 2.05) is 30.5 Å². The molecule has 2 rings (SSSR count). The van der Waals surface area contributed by atoms with Crippen LogP contribution in [-0.2, 0) is 9.53 Å². The zero-order valence-electron chi connectivity index (χ0n) is 9.88. The fourth-order valence-corrected chi connectivity index (χ4v) is 3.23. The van der Waals surface area contributed by atoms with Crippen molar-refractivity contribution in [2.45, 2.75) is 4.90 Å². The Kier molecular flexibility index (Phi) is 4.31. The van der Waals surface area contributed by atoms with Crippen molar-refractivity contribution in [3.63, 3.8) is 0 Å². The number of hydrogen-bond acceptors (Lipinski definition) is 5. The van der Waals surface area contributed by atoms with Gasteiger partial charge < -0.3 is 4.74 Å². The van der Waals surface area contributed by atoms with Crippen LogP contribution in [0.5, 0.6) is 0 Å². The predicted octanol–water partition coefficient (Wildman–Crippen LogP) is 3.26. The predicted molar refractivity (Wildman–Crippen MR) is 81.0 cm³/mol. The van der Waals surface area contributed by atoms with Crippen LogP contribution in [0.3, 0.4) is 0 Å².